The molecule has 26 heavy (non-hydrogen) atoms. The van der Waals surface area contributed by atoms with Gasteiger partial charge in [0.05, 0.1) is 16.5 Å². The van der Waals surface area contributed by atoms with E-state index in [1.54, 1.807) is 0 Å². The highest BCUT2D eigenvalue weighted by Crippen LogP contribution is 2.34. The molecule has 0 radical (unpaired) electrons. The monoisotopic (exact) mass is 391 g/mol. The Morgan fingerprint density at radius 1 is 1.19 bits per heavy atom. The predicted octanol–water partition coefficient (Wildman–Crippen LogP) is 4.90. The van der Waals surface area contributed by atoms with Crippen molar-refractivity contribution in [2.75, 3.05) is 13.2 Å². The molecule has 0 aromatic heterocycles. The normalized spacial score (nSPS) is 15.8. The number of benzene rings is 2. The van der Waals surface area contributed by atoms with Crippen LogP contribution in [-0.4, -0.2) is 29.2 Å². The van der Waals surface area contributed by atoms with Crippen LogP contribution in [0.2, 0.25) is 5.02 Å². The topological polar surface area (TPSA) is 46.6 Å². The lowest BCUT2D eigenvalue weighted by atomic mass is 10.2. The van der Waals surface area contributed by atoms with Crippen molar-refractivity contribution >= 4 is 40.6 Å². The summed E-state index contributed by atoms with van der Waals surface area (Å²) in [6.07, 6.45) is 1.31. The van der Waals surface area contributed by atoms with Crippen LogP contribution in [0.5, 0.6) is 5.75 Å². The van der Waals surface area contributed by atoms with Crippen molar-refractivity contribution in [2.45, 2.75) is 6.92 Å². The number of nitrogens with zero attached hydrogens (tertiary/aromatic N) is 1. The molecule has 0 atom stereocenters. The molecule has 3 rings (SSSR count). The molecule has 1 fully saturated rings. The third kappa shape index (κ3) is 4.08. The molecule has 2 aromatic rings. The summed E-state index contributed by atoms with van der Waals surface area (Å²) in [5.74, 6) is -0.366. The first-order chi connectivity index (χ1) is 12.5. The Balaban J connectivity index is 1.67. The molecule has 0 bridgehead atoms. The van der Waals surface area contributed by atoms with E-state index in [4.69, 9.17) is 16.3 Å². The minimum atomic E-state index is -0.549. The molecular formula is C19H15ClFNO3S. The summed E-state index contributed by atoms with van der Waals surface area (Å²) in [4.78, 5) is 25.7. The average Bonchev–Trinajstić information content (AvgIpc) is 2.87. The first kappa shape index (κ1) is 18.5. The van der Waals surface area contributed by atoms with E-state index in [2.05, 4.69) is 0 Å². The van der Waals surface area contributed by atoms with Crippen molar-refractivity contribution in [1.82, 2.24) is 4.90 Å². The van der Waals surface area contributed by atoms with Crippen LogP contribution in [0, 0.1) is 12.7 Å². The van der Waals surface area contributed by atoms with Gasteiger partial charge in [-0.15, -0.1) is 0 Å². The zero-order valence-corrected chi connectivity index (χ0v) is 15.4. The smallest absolute Gasteiger partial charge is 0.293 e. The summed E-state index contributed by atoms with van der Waals surface area (Å²) < 4.78 is 19.4. The zero-order chi connectivity index (χ0) is 18.7. The van der Waals surface area contributed by atoms with Gasteiger partial charge in [-0.05, 0) is 49.0 Å². The van der Waals surface area contributed by atoms with Crippen molar-refractivity contribution in [3.63, 3.8) is 0 Å². The number of aryl methyl sites for hydroxylation is 1. The van der Waals surface area contributed by atoms with Crippen LogP contribution < -0.4 is 4.74 Å². The molecule has 1 aliphatic heterocycles. The van der Waals surface area contributed by atoms with Crippen molar-refractivity contribution in [3.05, 3.63) is 69.3 Å². The van der Waals surface area contributed by atoms with Crippen LogP contribution >= 0.6 is 23.4 Å². The average molecular weight is 392 g/mol. The van der Waals surface area contributed by atoms with Gasteiger partial charge in [-0.1, -0.05) is 35.4 Å². The van der Waals surface area contributed by atoms with E-state index in [9.17, 15) is 14.0 Å². The van der Waals surface area contributed by atoms with Gasteiger partial charge in [-0.25, -0.2) is 4.39 Å². The van der Waals surface area contributed by atoms with Crippen LogP contribution in [-0.2, 0) is 4.79 Å². The van der Waals surface area contributed by atoms with Gasteiger partial charge in [-0.2, -0.15) is 0 Å². The third-order valence-electron chi connectivity index (χ3n) is 3.75. The zero-order valence-electron chi connectivity index (χ0n) is 13.9. The first-order valence-corrected chi connectivity index (χ1v) is 9.04. The summed E-state index contributed by atoms with van der Waals surface area (Å²) in [5, 5.41) is -0.235. The fourth-order valence-electron chi connectivity index (χ4n) is 2.36. The van der Waals surface area contributed by atoms with Crippen LogP contribution in [0.4, 0.5) is 9.18 Å². The van der Waals surface area contributed by atoms with E-state index >= 15 is 0 Å². The molecule has 2 amide bonds. The van der Waals surface area contributed by atoms with Crippen molar-refractivity contribution in [3.8, 4) is 5.75 Å². The summed E-state index contributed by atoms with van der Waals surface area (Å²) in [7, 11) is 0. The molecule has 4 nitrogen and oxygen atoms in total. The molecule has 0 N–H and O–H groups in total. The summed E-state index contributed by atoms with van der Waals surface area (Å²) >= 11 is 6.73. The maximum absolute atomic E-state index is 13.9. The Kier molecular flexibility index (Phi) is 5.64. The molecule has 0 unspecified atom stereocenters. The second-order valence-corrected chi connectivity index (χ2v) is 7.03. The fourth-order valence-corrected chi connectivity index (χ4v) is 3.43. The van der Waals surface area contributed by atoms with E-state index in [0.29, 0.717) is 5.75 Å². The van der Waals surface area contributed by atoms with Crippen LogP contribution in [0.15, 0.2) is 47.4 Å². The minimum absolute atomic E-state index is 0.0931. The maximum Gasteiger partial charge on any atom is 0.293 e. The van der Waals surface area contributed by atoms with E-state index in [0.717, 1.165) is 22.2 Å². The highest BCUT2D eigenvalue weighted by Gasteiger charge is 2.35. The molecule has 134 valence electrons. The maximum atomic E-state index is 13.9. The number of carbonyl (C=O) groups is 2. The second kappa shape index (κ2) is 7.93. The van der Waals surface area contributed by atoms with E-state index < -0.39 is 17.0 Å². The number of amides is 2. The summed E-state index contributed by atoms with van der Waals surface area (Å²) in [6.45, 7) is 2.26. The third-order valence-corrected chi connectivity index (χ3v) is 4.99. The number of hydrogen-bond donors (Lipinski definition) is 0. The lowest BCUT2D eigenvalue weighted by molar-refractivity contribution is -0.123. The van der Waals surface area contributed by atoms with Crippen molar-refractivity contribution in [1.29, 1.82) is 0 Å². The molecule has 0 aliphatic carbocycles. The van der Waals surface area contributed by atoms with E-state index in [1.807, 2.05) is 31.2 Å². The Hall–Kier alpha value is -2.31. The Morgan fingerprint density at radius 3 is 2.62 bits per heavy atom. The second-order valence-electron chi connectivity index (χ2n) is 5.63. The van der Waals surface area contributed by atoms with Gasteiger partial charge in [0.25, 0.3) is 11.1 Å². The number of ether oxygens (including phenoxy) is 1. The van der Waals surface area contributed by atoms with Gasteiger partial charge in [-0.3, -0.25) is 14.5 Å². The molecule has 0 saturated carbocycles. The van der Waals surface area contributed by atoms with Crippen molar-refractivity contribution in [2.24, 2.45) is 0 Å². The number of carbonyl (C=O) groups excluding carboxylic acids is 2. The summed E-state index contributed by atoms with van der Waals surface area (Å²) in [5.41, 5.74) is 1.20. The van der Waals surface area contributed by atoms with Gasteiger partial charge in [0.1, 0.15) is 18.2 Å². The van der Waals surface area contributed by atoms with Crippen LogP contribution in [0.25, 0.3) is 6.08 Å². The fraction of sp³-hybridized carbons (Fsp3) is 0.158. The minimum Gasteiger partial charge on any atom is -0.492 e. The SMILES string of the molecule is Cc1ccc(OCCN2C(=O)S/C(=C\c3c(F)cccc3Cl)C2=O)cc1. The number of halogens is 2. The number of imide groups is 1. The Labute approximate surface area is 159 Å². The van der Waals surface area contributed by atoms with E-state index in [-0.39, 0.29) is 28.6 Å². The molecule has 0 spiro atoms. The summed E-state index contributed by atoms with van der Waals surface area (Å²) in [6, 6.07) is 11.7. The highest BCUT2D eigenvalue weighted by atomic mass is 35.5. The van der Waals surface area contributed by atoms with Gasteiger partial charge in [0.2, 0.25) is 0 Å². The highest BCUT2D eigenvalue weighted by molar-refractivity contribution is 8.18. The molecule has 1 aliphatic rings. The van der Waals surface area contributed by atoms with Crippen LogP contribution in [0.3, 0.4) is 0 Å². The Morgan fingerprint density at radius 2 is 1.92 bits per heavy atom. The van der Waals surface area contributed by atoms with Gasteiger partial charge in [0, 0.05) is 5.56 Å². The molecule has 1 heterocycles. The standard InChI is InChI=1S/C19H15ClFNO3S/c1-12-5-7-13(8-6-12)25-10-9-22-18(23)17(26-19(22)24)11-14-15(20)3-2-4-16(14)21/h2-8,11H,9-10H2,1H3/b17-11-. The number of thioether (sulfide) groups is 1. The first-order valence-electron chi connectivity index (χ1n) is 7.84. The number of hydrogen-bond acceptors (Lipinski definition) is 4. The molecule has 7 heteroatoms. The molecular weight excluding hydrogens is 377 g/mol. The lowest BCUT2D eigenvalue weighted by Crippen LogP contribution is -2.32. The Bertz CT molecular complexity index is 863. The lowest BCUT2D eigenvalue weighted by Gasteiger charge is -2.13. The molecule has 1 saturated heterocycles. The van der Waals surface area contributed by atoms with Crippen LogP contribution in [0.1, 0.15) is 11.1 Å². The number of rotatable bonds is 5. The van der Waals surface area contributed by atoms with E-state index in [1.165, 1.54) is 24.3 Å². The van der Waals surface area contributed by atoms with Crippen molar-refractivity contribution < 1.29 is 18.7 Å². The quantitative estimate of drug-likeness (QED) is 0.680. The van der Waals surface area contributed by atoms with Gasteiger partial charge in [0.15, 0.2) is 0 Å². The largest absolute Gasteiger partial charge is 0.492 e. The van der Waals surface area contributed by atoms with Gasteiger partial charge >= 0.3 is 0 Å². The van der Waals surface area contributed by atoms with Gasteiger partial charge < -0.3 is 4.74 Å². The molecule has 2 aromatic carbocycles. The predicted molar refractivity (Wildman–Crippen MR) is 101 cm³/mol.